The highest BCUT2D eigenvalue weighted by Crippen LogP contribution is 2.13. The van der Waals surface area contributed by atoms with Gasteiger partial charge in [0.25, 0.3) is 0 Å². The molecule has 0 bridgehead atoms. The van der Waals surface area contributed by atoms with Crippen molar-refractivity contribution in [1.82, 2.24) is 4.90 Å². The molecule has 104 valence electrons. The van der Waals surface area contributed by atoms with Crippen LogP contribution in [0.15, 0.2) is 0 Å². The molecule has 0 rings (SSSR count). The van der Waals surface area contributed by atoms with E-state index in [0.717, 1.165) is 6.42 Å². The van der Waals surface area contributed by atoms with E-state index in [1.54, 1.807) is 19.1 Å². The lowest BCUT2D eigenvalue weighted by Gasteiger charge is -2.25. The monoisotopic (exact) mass is 256 g/mol. The maximum atomic E-state index is 12.2. The van der Waals surface area contributed by atoms with Crippen LogP contribution in [0.3, 0.4) is 0 Å². The van der Waals surface area contributed by atoms with Gasteiger partial charge in [-0.3, -0.25) is 4.79 Å². The molecule has 0 radical (unpaired) electrons. The summed E-state index contributed by atoms with van der Waals surface area (Å²) >= 11 is 0. The Morgan fingerprint density at radius 2 is 1.83 bits per heavy atom. The first-order valence-corrected chi connectivity index (χ1v) is 6.24. The summed E-state index contributed by atoms with van der Waals surface area (Å²) in [6.45, 7) is 5.97. The Bertz CT molecular complexity index is 274. The van der Waals surface area contributed by atoms with Gasteiger partial charge < -0.3 is 14.4 Å². The lowest BCUT2D eigenvalue weighted by atomic mass is 9.96. The number of nitriles is 1. The first-order valence-electron chi connectivity index (χ1n) is 6.24. The zero-order valence-electron chi connectivity index (χ0n) is 11.8. The quantitative estimate of drug-likeness (QED) is 0.583. The number of methoxy groups -OCH3 is 2. The van der Waals surface area contributed by atoms with Crippen LogP contribution in [-0.4, -0.2) is 51.3 Å². The van der Waals surface area contributed by atoms with Crippen molar-refractivity contribution in [2.45, 2.75) is 20.3 Å². The third-order valence-corrected chi connectivity index (χ3v) is 2.73. The van der Waals surface area contributed by atoms with Crippen LogP contribution >= 0.6 is 0 Å². The predicted octanol–water partition coefficient (Wildman–Crippen LogP) is 1.29. The summed E-state index contributed by atoms with van der Waals surface area (Å²) in [5.41, 5.74) is 0. The van der Waals surface area contributed by atoms with E-state index in [1.165, 1.54) is 0 Å². The molecule has 0 fully saturated rings. The van der Waals surface area contributed by atoms with Crippen LogP contribution in [-0.2, 0) is 14.3 Å². The van der Waals surface area contributed by atoms with Crippen molar-refractivity contribution in [1.29, 1.82) is 5.26 Å². The molecule has 0 aromatic heterocycles. The lowest BCUT2D eigenvalue weighted by Crippen LogP contribution is -2.40. The van der Waals surface area contributed by atoms with Gasteiger partial charge in [-0.1, -0.05) is 13.8 Å². The van der Waals surface area contributed by atoms with Gasteiger partial charge in [-0.15, -0.1) is 0 Å². The van der Waals surface area contributed by atoms with Gasteiger partial charge in [-0.25, -0.2) is 0 Å². The Labute approximate surface area is 110 Å². The Morgan fingerprint density at radius 3 is 2.28 bits per heavy atom. The summed E-state index contributed by atoms with van der Waals surface area (Å²) in [6.07, 6.45) is 0.766. The van der Waals surface area contributed by atoms with Gasteiger partial charge in [0.05, 0.1) is 12.7 Å². The van der Waals surface area contributed by atoms with Crippen LogP contribution in [0.1, 0.15) is 20.3 Å². The minimum atomic E-state index is -0.579. The minimum absolute atomic E-state index is 0.0231. The Hall–Kier alpha value is -1.12. The van der Waals surface area contributed by atoms with Gasteiger partial charge in [0, 0.05) is 33.9 Å². The fourth-order valence-electron chi connectivity index (χ4n) is 1.62. The maximum absolute atomic E-state index is 12.2. The van der Waals surface area contributed by atoms with E-state index in [4.69, 9.17) is 14.7 Å². The Morgan fingerprint density at radius 1 is 1.22 bits per heavy atom. The number of carbonyl (C=O) groups excluding carboxylic acids is 1. The van der Waals surface area contributed by atoms with Crippen molar-refractivity contribution >= 4 is 5.91 Å². The first-order chi connectivity index (χ1) is 8.58. The van der Waals surface area contributed by atoms with Gasteiger partial charge in [0.15, 0.2) is 0 Å². The highest BCUT2D eigenvalue weighted by molar-refractivity contribution is 5.81. The highest BCUT2D eigenvalue weighted by Gasteiger charge is 2.26. The smallest absolute Gasteiger partial charge is 0.240 e. The zero-order chi connectivity index (χ0) is 14.0. The summed E-state index contributed by atoms with van der Waals surface area (Å²) in [5, 5.41) is 9.06. The van der Waals surface area contributed by atoms with Crippen molar-refractivity contribution in [3.63, 3.8) is 0 Å². The molecule has 0 N–H and O–H groups in total. The molecule has 0 aliphatic carbocycles. The largest absolute Gasteiger partial charge is 0.385 e. The van der Waals surface area contributed by atoms with Crippen molar-refractivity contribution < 1.29 is 14.3 Å². The molecule has 5 heteroatoms. The predicted molar refractivity (Wildman–Crippen MR) is 68.9 cm³/mol. The first kappa shape index (κ1) is 16.9. The van der Waals surface area contributed by atoms with E-state index in [9.17, 15) is 4.79 Å². The van der Waals surface area contributed by atoms with Gasteiger partial charge in [-0.05, 0) is 12.3 Å². The molecule has 0 saturated heterocycles. The minimum Gasteiger partial charge on any atom is -0.385 e. The number of rotatable bonds is 9. The summed E-state index contributed by atoms with van der Waals surface area (Å²) in [7, 11) is 3.23. The van der Waals surface area contributed by atoms with Crippen LogP contribution in [0.4, 0.5) is 0 Å². The molecule has 1 atom stereocenters. The maximum Gasteiger partial charge on any atom is 0.240 e. The molecule has 0 aliphatic heterocycles. The number of hydrogen-bond donors (Lipinski definition) is 0. The second-order valence-corrected chi connectivity index (χ2v) is 4.52. The van der Waals surface area contributed by atoms with Crippen molar-refractivity contribution in [3.05, 3.63) is 0 Å². The fourth-order valence-corrected chi connectivity index (χ4v) is 1.62. The second kappa shape index (κ2) is 9.86. The molecule has 0 aliphatic rings. The summed E-state index contributed by atoms with van der Waals surface area (Å²) < 4.78 is 9.97. The molecule has 0 spiro atoms. The molecule has 0 heterocycles. The average Bonchev–Trinajstić information content (AvgIpc) is 2.33. The van der Waals surface area contributed by atoms with E-state index < -0.39 is 5.92 Å². The van der Waals surface area contributed by atoms with E-state index in [-0.39, 0.29) is 11.8 Å². The van der Waals surface area contributed by atoms with E-state index in [2.05, 4.69) is 6.07 Å². The lowest BCUT2D eigenvalue weighted by molar-refractivity contribution is -0.135. The SMILES string of the molecule is COCCCN(CCOC)C(=O)C(C#N)C(C)C. The highest BCUT2D eigenvalue weighted by atomic mass is 16.5. The number of amides is 1. The van der Waals surface area contributed by atoms with Crippen LogP contribution in [0.25, 0.3) is 0 Å². The van der Waals surface area contributed by atoms with Crippen molar-refractivity contribution in [2.75, 3.05) is 40.5 Å². The standard InChI is InChI=1S/C13H24N2O3/c1-11(2)12(10-14)13(16)15(7-9-18-4)6-5-8-17-3/h11-12H,5-9H2,1-4H3. The van der Waals surface area contributed by atoms with E-state index in [0.29, 0.717) is 26.3 Å². The molecule has 0 aromatic rings. The Balaban J connectivity index is 4.51. The van der Waals surface area contributed by atoms with Crippen LogP contribution in [0.2, 0.25) is 0 Å². The normalized spacial score (nSPS) is 12.2. The number of ether oxygens (including phenoxy) is 2. The number of nitrogens with zero attached hydrogens (tertiary/aromatic N) is 2. The van der Waals surface area contributed by atoms with Gasteiger partial charge in [0.2, 0.25) is 5.91 Å². The topological polar surface area (TPSA) is 62.6 Å². The molecule has 5 nitrogen and oxygen atoms in total. The van der Waals surface area contributed by atoms with E-state index in [1.807, 2.05) is 13.8 Å². The Kier molecular flexibility index (Phi) is 9.25. The van der Waals surface area contributed by atoms with Crippen molar-refractivity contribution in [3.8, 4) is 6.07 Å². The summed E-state index contributed by atoms with van der Waals surface area (Å²) in [4.78, 5) is 13.9. The summed E-state index contributed by atoms with van der Waals surface area (Å²) in [6, 6.07) is 2.09. The molecule has 18 heavy (non-hydrogen) atoms. The number of hydrogen-bond acceptors (Lipinski definition) is 4. The van der Waals surface area contributed by atoms with Crippen molar-refractivity contribution in [2.24, 2.45) is 11.8 Å². The zero-order valence-corrected chi connectivity index (χ0v) is 11.8. The molecule has 1 amide bonds. The van der Waals surface area contributed by atoms with Crippen LogP contribution in [0, 0.1) is 23.2 Å². The third-order valence-electron chi connectivity index (χ3n) is 2.73. The molecule has 1 unspecified atom stereocenters. The molecule has 0 saturated carbocycles. The average molecular weight is 256 g/mol. The number of carbonyl (C=O) groups is 1. The van der Waals surface area contributed by atoms with Gasteiger partial charge >= 0.3 is 0 Å². The van der Waals surface area contributed by atoms with Crippen LogP contribution in [0.5, 0.6) is 0 Å². The summed E-state index contributed by atoms with van der Waals surface area (Å²) in [5.74, 6) is -0.667. The second-order valence-electron chi connectivity index (χ2n) is 4.52. The molecule has 0 aromatic carbocycles. The van der Waals surface area contributed by atoms with Gasteiger partial charge in [-0.2, -0.15) is 5.26 Å². The fraction of sp³-hybridized carbons (Fsp3) is 0.846. The molecular formula is C13H24N2O3. The third kappa shape index (κ3) is 5.99. The van der Waals surface area contributed by atoms with E-state index >= 15 is 0 Å². The van der Waals surface area contributed by atoms with Crippen LogP contribution < -0.4 is 0 Å². The van der Waals surface area contributed by atoms with Gasteiger partial charge in [0.1, 0.15) is 5.92 Å². The molecular weight excluding hydrogens is 232 g/mol.